The van der Waals surface area contributed by atoms with Crippen molar-refractivity contribution in [1.82, 2.24) is 10.2 Å². The van der Waals surface area contributed by atoms with Crippen molar-refractivity contribution in [2.24, 2.45) is 0 Å². The van der Waals surface area contributed by atoms with Crippen molar-refractivity contribution < 1.29 is 19.3 Å². The van der Waals surface area contributed by atoms with Gasteiger partial charge in [0, 0.05) is 17.8 Å². The number of carbonyl (C=O) groups is 3. The Bertz CT molecular complexity index is 1020. The van der Waals surface area contributed by atoms with Crippen LogP contribution in [0.5, 0.6) is 0 Å². The van der Waals surface area contributed by atoms with Crippen molar-refractivity contribution in [2.45, 2.75) is 26.3 Å². The van der Waals surface area contributed by atoms with Gasteiger partial charge in [-0.05, 0) is 61.7 Å². The number of non-ortho nitro benzene ring substituents is 1. The molecule has 29 heavy (non-hydrogen) atoms. The third kappa shape index (κ3) is 3.79. The molecule has 0 radical (unpaired) electrons. The number of hydrogen-bond acceptors (Lipinski definition) is 5. The van der Waals surface area contributed by atoms with E-state index in [1.807, 2.05) is 19.9 Å². The number of urea groups is 1. The summed E-state index contributed by atoms with van der Waals surface area (Å²) < 4.78 is 0. The minimum Gasteiger partial charge on any atom is -0.325 e. The summed E-state index contributed by atoms with van der Waals surface area (Å²) in [5, 5.41) is 16.1. The van der Waals surface area contributed by atoms with Gasteiger partial charge in [-0.3, -0.25) is 24.6 Å². The summed E-state index contributed by atoms with van der Waals surface area (Å²) in [5.41, 5.74) is 1.51. The summed E-state index contributed by atoms with van der Waals surface area (Å²) in [5.74, 6) is -1.11. The maximum Gasteiger partial charge on any atom is 0.325 e. The van der Waals surface area contributed by atoms with E-state index in [1.54, 1.807) is 12.1 Å². The molecule has 0 aromatic heterocycles. The average Bonchev–Trinajstić information content (AvgIpc) is 2.89. The van der Waals surface area contributed by atoms with Crippen molar-refractivity contribution in [3.8, 4) is 0 Å². The fraction of sp³-hybridized carbons (Fsp3) is 0.250. The van der Waals surface area contributed by atoms with Gasteiger partial charge in [-0.25, -0.2) is 4.79 Å². The summed E-state index contributed by atoms with van der Waals surface area (Å²) in [4.78, 5) is 48.7. The summed E-state index contributed by atoms with van der Waals surface area (Å²) in [6.07, 6.45) is 0. The van der Waals surface area contributed by atoms with Crippen LogP contribution in [0.1, 0.15) is 23.6 Å². The number of anilines is 1. The maximum absolute atomic E-state index is 12.9. The van der Waals surface area contributed by atoms with Crippen molar-refractivity contribution >= 4 is 29.2 Å². The first-order chi connectivity index (χ1) is 13.6. The quantitative estimate of drug-likeness (QED) is 0.457. The van der Waals surface area contributed by atoms with Crippen LogP contribution in [0.25, 0.3) is 0 Å². The highest BCUT2D eigenvalue weighted by molar-refractivity contribution is 6.10. The van der Waals surface area contributed by atoms with E-state index < -0.39 is 34.9 Å². The van der Waals surface area contributed by atoms with E-state index in [1.165, 1.54) is 31.2 Å². The first-order valence-electron chi connectivity index (χ1n) is 8.88. The first kappa shape index (κ1) is 20.0. The molecule has 2 aromatic rings. The highest BCUT2D eigenvalue weighted by atomic mass is 16.6. The predicted octanol–water partition coefficient (Wildman–Crippen LogP) is 2.62. The van der Waals surface area contributed by atoms with E-state index in [-0.39, 0.29) is 5.69 Å². The summed E-state index contributed by atoms with van der Waals surface area (Å²) >= 11 is 0. The molecule has 1 fully saturated rings. The molecule has 1 heterocycles. The van der Waals surface area contributed by atoms with E-state index in [4.69, 9.17) is 0 Å². The predicted molar refractivity (Wildman–Crippen MR) is 105 cm³/mol. The second-order valence-electron chi connectivity index (χ2n) is 7.10. The molecule has 150 valence electrons. The lowest BCUT2D eigenvalue weighted by Crippen LogP contribution is -2.42. The number of amides is 4. The van der Waals surface area contributed by atoms with Crippen molar-refractivity contribution in [3.05, 3.63) is 69.3 Å². The van der Waals surface area contributed by atoms with Crippen LogP contribution in [0.4, 0.5) is 16.2 Å². The number of carbonyl (C=O) groups excluding carboxylic acids is 3. The van der Waals surface area contributed by atoms with Crippen molar-refractivity contribution in [1.29, 1.82) is 0 Å². The molecular weight excluding hydrogens is 376 g/mol. The zero-order valence-electron chi connectivity index (χ0n) is 16.2. The van der Waals surface area contributed by atoms with Crippen LogP contribution in [-0.2, 0) is 15.1 Å². The fourth-order valence-corrected chi connectivity index (χ4v) is 3.12. The van der Waals surface area contributed by atoms with Gasteiger partial charge in [0.05, 0.1) is 4.92 Å². The number of nitrogens with one attached hydrogen (secondary N) is 2. The van der Waals surface area contributed by atoms with Crippen LogP contribution in [0.3, 0.4) is 0 Å². The van der Waals surface area contributed by atoms with E-state index in [0.717, 1.165) is 16.0 Å². The van der Waals surface area contributed by atoms with Gasteiger partial charge in [-0.2, -0.15) is 0 Å². The molecule has 0 spiro atoms. The topological polar surface area (TPSA) is 122 Å². The maximum atomic E-state index is 12.9. The highest BCUT2D eigenvalue weighted by Gasteiger charge is 2.49. The van der Waals surface area contributed by atoms with Crippen LogP contribution >= 0.6 is 0 Å². The van der Waals surface area contributed by atoms with Gasteiger partial charge in [0.15, 0.2) is 0 Å². The largest absolute Gasteiger partial charge is 0.325 e. The standard InChI is InChI=1S/C20H20N4O5/c1-12-4-7-15(10-13(12)2)21-17(25)11-23-18(26)20(3,22-19(23)27)14-5-8-16(9-6-14)24(28)29/h4-10H,11H2,1-3H3,(H,21,25)(H,22,27)/t20-/m1/s1. The van der Waals surface area contributed by atoms with Gasteiger partial charge in [0.1, 0.15) is 12.1 Å². The zero-order valence-corrected chi connectivity index (χ0v) is 16.2. The Morgan fingerprint density at radius 1 is 1.14 bits per heavy atom. The Hall–Kier alpha value is -3.75. The van der Waals surface area contributed by atoms with E-state index in [0.29, 0.717) is 11.3 Å². The Balaban J connectivity index is 1.74. The van der Waals surface area contributed by atoms with E-state index in [2.05, 4.69) is 10.6 Å². The van der Waals surface area contributed by atoms with Gasteiger partial charge < -0.3 is 10.6 Å². The summed E-state index contributed by atoms with van der Waals surface area (Å²) in [6.45, 7) is 4.92. The van der Waals surface area contributed by atoms with Crippen LogP contribution < -0.4 is 10.6 Å². The van der Waals surface area contributed by atoms with Gasteiger partial charge in [-0.15, -0.1) is 0 Å². The Kier molecular flexibility index (Phi) is 5.06. The smallest absolute Gasteiger partial charge is 0.325 e. The molecule has 1 saturated heterocycles. The Morgan fingerprint density at radius 3 is 2.38 bits per heavy atom. The van der Waals surface area contributed by atoms with Gasteiger partial charge in [0.25, 0.3) is 11.6 Å². The third-order valence-corrected chi connectivity index (χ3v) is 5.02. The SMILES string of the molecule is Cc1ccc(NC(=O)CN2C(=O)N[C@](C)(c3ccc([N+](=O)[O-])cc3)C2=O)cc1C. The molecule has 0 unspecified atom stereocenters. The molecule has 2 N–H and O–H groups in total. The molecule has 0 aliphatic carbocycles. The molecule has 2 aromatic carbocycles. The first-order valence-corrected chi connectivity index (χ1v) is 8.88. The Labute approximate surface area is 166 Å². The number of imide groups is 1. The molecule has 1 atom stereocenters. The molecule has 1 aliphatic heterocycles. The summed E-state index contributed by atoms with van der Waals surface area (Å²) in [6, 6.07) is 10.1. The molecule has 1 aliphatic rings. The molecule has 9 nitrogen and oxygen atoms in total. The van der Waals surface area contributed by atoms with Gasteiger partial charge in [-0.1, -0.05) is 6.07 Å². The zero-order chi connectivity index (χ0) is 21.3. The highest BCUT2D eigenvalue weighted by Crippen LogP contribution is 2.30. The second kappa shape index (κ2) is 7.34. The van der Waals surface area contributed by atoms with Crippen LogP contribution in [0, 0.1) is 24.0 Å². The van der Waals surface area contributed by atoms with Crippen LogP contribution in [0.15, 0.2) is 42.5 Å². The number of nitro groups is 1. The van der Waals surface area contributed by atoms with Crippen molar-refractivity contribution in [2.75, 3.05) is 11.9 Å². The number of nitro benzene ring substituents is 1. The molecule has 4 amide bonds. The number of hydrogen-bond donors (Lipinski definition) is 2. The lowest BCUT2D eigenvalue weighted by atomic mass is 9.92. The minimum absolute atomic E-state index is 0.126. The third-order valence-electron chi connectivity index (χ3n) is 5.02. The van der Waals surface area contributed by atoms with Crippen LogP contribution in [0.2, 0.25) is 0 Å². The molecule has 0 bridgehead atoms. The lowest BCUT2D eigenvalue weighted by molar-refractivity contribution is -0.384. The average molecular weight is 396 g/mol. The molecule has 9 heteroatoms. The number of aryl methyl sites for hydroxylation is 2. The monoisotopic (exact) mass is 396 g/mol. The normalized spacial score (nSPS) is 18.5. The fourth-order valence-electron chi connectivity index (χ4n) is 3.12. The van der Waals surface area contributed by atoms with Gasteiger partial charge >= 0.3 is 6.03 Å². The van der Waals surface area contributed by atoms with Crippen LogP contribution in [-0.4, -0.2) is 34.2 Å². The Morgan fingerprint density at radius 2 is 1.79 bits per heavy atom. The number of benzene rings is 2. The minimum atomic E-state index is -1.41. The van der Waals surface area contributed by atoms with E-state index >= 15 is 0 Å². The van der Waals surface area contributed by atoms with Crippen molar-refractivity contribution in [3.63, 3.8) is 0 Å². The lowest BCUT2D eigenvalue weighted by Gasteiger charge is -2.22. The molecule has 0 saturated carbocycles. The molecule has 3 rings (SSSR count). The number of nitrogens with zero attached hydrogens (tertiary/aromatic N) is 2. The second-order valence-corrected chi connectivity index (χ2v) is 7.10. The summed E-state index contributed by atoms with van der Waals surface area (Å²) in [7, 11) is 0. The van der Waals surface area contributed by atoms with Gasteiger partial charge in [0.2, 0.25) is 5.91 Å². The van der Waals surface area contributed by atoms with E-state index in [9.17, 15) is 24.5 Å². The molecular formula is C20H20N4O5. The number of rotatable bonds is 5.